The van der Waals surface area contributed by atoms with E-state index in [1.54, 1.807) is 40.0 Å². The Hall–Kier alpha value is -5.04. The second kappa shape index (κ2) is 26.1. The van der Waals surface area contributed by atoms with Gasteiger partial charge in [0.05, 0.1) is 62.5 Å². The van der Waals surface area contributed by atoms with Crippen molar-refractivity contribution < 1.29 is 69.5 Å². The van der Waals surface area contributed by atoms with Gasteiger partial charge in [-0.3, -0.25) is 18.3 Å². The van der Waals surface area contributed by atoms with Gasteiger partial charge >= 0.3 is 30.4 Å². The first-order valence-corrected chi connectivity index (χ1v) is 29.0. The highest BCUT2D eigenvalue weighted by molar-refractivity contribution is 7.73. The van der Waals surface area contributed by atoms with E-state index in [2.05, 4.69) is 30.6 Å². The maximum Gasteiger partial charge on any atom is 0.365 e. The summed E-state index contributed by atoms with van der Waals surface area (Å²) in [6, 6.07) is 25.6. The van der Waals surface area contributed by atoms with Crippen molar-refractivity contribution in [3.63, 3.8) is 0 Å². The predicted octanol–water partition coefficient (Wildman–Crippen LogP) is 9.67. The number of likely N-dealkylation sites (N-methyl/N-ethyl adjacent to an activating group) is 1. The number of aryl methyl sites for hydroxylation is 2. The summed E-state index contributed by atoms with van der Waals surface area (Å²) in [6.45, 7) is 11.7. The average Bonchev–Trinajstić information content (AvgIpc) is 3.90. The molecule has 0 saturated carbocycles. The van der Waals surface area contributed by atoms with Gasteiger partial charge in [-0.2, -0.15) is 0 Å². The molecule has 22 nitrogen and oxygen atoms in total. The van der Waals surface area contributed by atoms with Crippen LogP contribution in [0.15, 0.2) is 106 Å². The lowest BCUT2D eigenvalue weighted by Crippen LogP contribution is -2.26. The number of nitrogens with one attached hydrogen (secondary N) is 2. The second-order valence-corrected chi connectivity index (χ2v) is 23.7. The topological polar surface area (TPSA) is 300 Å². The van der Waals surface area contributed by atoms with Crippen molar-refractivity contribution in [1.29, 1.82) is 0 Å². The van der Waals surface area contributed by atoms with Crippen LogP contribution in [-0.2, 0) is 49.2 Å². The fourth-order valence-corrected chi connectivity index (χ4v) is 13.8. The van der Waals surface area contributed by atoms with E-state index in [4.69, 9.17) is 51.2 Å². The van der Waals surface area contributed by atoms with Gasteiger partial charge in [0.2, 0.25) is 22.8 Å². The predicted molar refractivity (Wildman–Crippen MR) is 269 cm³/mol. The molecule has 71 heavy (non-hydrogen) atoms. The van der Waals surface area contributed by atoms with Crippen LogP contribution in [0.4, 0.5) is 17.3 Å². The van der Waals surface area contributed by atoms with Crippen molar-refractivity contribution in [2.45, 2.75) is 65.4 Å². The van der Waals surface area contributed by atoms with E-state index in [1.165, 1.54) is 18.3 Å². The Morgan fingerprint density at radius 2 is 1.03 bits per heavy atom. The SMILES string of the molecule is CCOP(=O)(OCC)C(Nc1ccc(N(C)CCc2nc(-c3ccccc3)oc2C)cn1)P(=O)(OCC)OCC.Cc1oc(-c2ccccc2)nc1CCOc1ccc(NC(P(=O)(O)O)P(=O)(O)O)nc1. The van der Waals surface area contributed by atoms with E-state index in [-0.39, 0.29) is 38.9 Å². The number of pyridine rings is 2. The van der Waals surface area contributed by atoms with Crippen LogP contribution in [0.25, 0.3) is 22.9 Å². The van der Waals surface area contributed by atoms with Crippen molar-refractivity contribution >= 4 is 47.7 Å². The fraction of sp³-hybridized carbons (Fsp3) is 0.378. The Morgan fingerprint density at radius 3 is 1.44 bits per heavy atom. The van der Waals surface area contributed by atoms with Gasteiger partial charge in [0.1, 0.15) is 28.9 Å². The molecule has 6 rings (SSSR count). The van der Waals surface area contributed by atoms with Crippen LogP contribution in [0.1, 0.15) is 50.6 Å². The molecule has 6 aromatic rings. The third-order valence-corrected chi connectivity index (χ3v) is 19.0. The Kier molecular flexibility index (Phi) is 20.9. The van der Waals surface area contributed by atoms with Crippen molar-refractivity contribution in [2.75, 3.05) is 62.2 Å². The van der Waals surface area contributed by atoms with Crippen molar-refractivity contribution in [3.8, 4) is 28.7 Å². The molecule has 26 heteroatoms. The maximum atomic E-state index is 13.7. The number of hydrogen-bond acceptors (Lipinski definition) is 18. The minimum Gasteiger partial charge on any atom is -0.492 e. The number of rotatable bonds is 26. The third kappa shape index (κ3) is 16.2. The minimum atomic E-state index is -5.11. The number of anilines is 3. The third-order valence-electron chi connectivity index (χ3n) is 10.1. The molecular formula is C45H61N7O15P4. The first-order valence-electron chi connectivity index (χ1n) is 22.4. The van der Waals surface area contributed by atoms with Crippen molar-refractivity contribution in [1.82, 2.24) is 19.9 Å². The summed E-state index contributed by atoms with van der Waals surface area (Å²) in [6.07, 6.45) is 4.09. The molecule has 0 atom stereocenters. The van der Waals surface area contributed by atoms with Crippen LogP contribution in [0, 0.1) is 13.8 Å². The molecule has 2 aromatic carbocycles. The van der Waals surface area contributed by atoms with E-state index in [1.807, 2.05) is 92.5 Å². The highest BCUT2D eigenvalue weighted by Gasteiger charge is 2.51. The smallest absolute Gasteiger partial charge is 0.365 e. The summed E-state index contributed by atoms with van der Waals surface area (Å²) in [5.41, 5.74) is 0.516. The number of ether oxygens (including phenoxy) is 1. The Balaban J connectivity index is 0.000000272. The molecule has 0 bridgehead atoms. The number of nitrogens with zero attached hydrogens (tertiary/aromatic N) is 5. The Morgan fingerprint density at radius 1 is 0.592 bits per heavy atom. The number of benzene rings is 2. The van der Waals surface area contributed by atoms with Crippen molar-refractivity contribution in [2.24, 2.45) is 0 Å². The zero-order valence-electron chi connectivity index (χ0n) is 40.4. The molecule has 6 N–H and O–H groups in total. The lowest BCUT2D eigenvalue weighted by atomic mass is 10.2. The first kappa shape index (κ1) is 56.9. The largest absolute Gasteiger partial charge is 0.492 e. The second-order valence-electron chi connectivity index (χ2n) is 15.3. The molecule has 0 amide bonds. The highest BCUT2D eigenvalue weighted by atomic mass is 31.2. The quantitative estimate of drug-likeness (QED) is 0.0275. The molecule has 0 radical (unpaired) electrons. The van der Waals surface area contributed by atoms with Crippen LogP contribution >= 0.6 is 30.4 Å². The van der Waals surface area contributed by atoms with Gasteiger partial charge in [0, 0.05) is 37.6 Å². The van der Waals surface area contributed by atoms with Crippen molar-refractivity contribution in [3.05, 3.63) is 120 Å². The van der Waals surface area contributed by atoms with Crippen LogP contribution in [0.3, 0.4) is 0 Å². The number of hydrogen-bond donors (Lipinski definition) is 6. The minimum absolute atomic E-state index is 0.0860. The molecular weight excluding hydrogens is 1000 g/mol. The van der Waals surface area contributed by atoms with Crippen LogP contribution in [0.5, 0.6) is 5.75 Å². The van der Waals surface area contributed by atoms with E-state index in [9.17, 15) is 18.3 Å². The van der Waals surface area contributed by atoms with Gasteiger partial charge in [0.25, 0.3) is 0 Å². The number of aromatic nitrogens is 4. The van der Waals surface area contributed by atoms with E-state index < -0.39 is 41.4 Å². The van der Waals surface area contributed by atoms with Gasteiger partial charge in [-0.05, 0) is 90.1 Å². The van der Waals surface area contributed by atoms with Crippen LogP contribution in [0.2, 0.25) is 0 Å². The molecule has 0 aliphatic carbocycles. The maximum absolute atomic E-state index is 13.7. The number of oxazole rings is 2. The van der Waals surface area contributed by atoms with Gasteiger partial charge in [0.15, 0.2) is 0 Å². The van der Waals surface area contributed by atoms with E-state index in [0.717, 1.165) is 34.0 Å². The lowest BCUT2D eigenvalue weighted by Gasteiger charge is -2.32. The van der Waals surface area contributed by atoms with Gasteiger partial charge in [-0.25, -0.2) is 19.9 Å². The van der Waals surface area contributed by atoms with Gasteiger partial charge in [-0.1, -0.05) is 36.4 Å². The van der Waals surface area contributed by atoms with Gasteiger partial charge in [-0.15, -0.1) is 0 Å². The van der Waals surface area contributed by atoms with E-state index >= 15 is 0 Å². The van der Waals surface area contributed by atoms with Gasteiger partial charge < -0.3 is 66.8 Å². The summed E-state index contributed by atoms with van der Waals surface area (Å²) >= 11 is 0. The molecule has 0 saturated heterocycles. The Labute approximate surface area is 412 Å². The summed E-state index contributed by atoms with van der Waals surface area (Å²) in [5, 5.41) is 5.05. The Bertz CT molecular complexity index is 2700. The average molecular weight is 1060 g/mol. The molecule has 0 aliphatic heterocycles. The van der Waals surface area contributed by atoms with E-state index in [0.29, 0.717) is 48.5 Å². The molecule has 0 fully saturated rings. The zero-order valence-corrected chi connectivity index (χ0v) is 43.9. The zero-order chi connectivity index (χ0) is 51.8. The normalized spacial score (nSPS) is 12.2. The molecule has 0 unspecified atom stereocenters. The standard InChI is InChI=1S/C27H40N4O7P2.C18H21N3O8P2/c1-7-34-39(32,35-8-2)27(40(33,36-9-3)37-10-4)30-25-17-16-23(20-28-25)31(6)19-18-24-21(5)38-26(29-24)22-14-12-11-13-15-22;1-12-15(20-17(29-12)13-5-3-2-4-6-13)9-10-28-14-7-8-16(19-11-14)21-18(30(22,23)24)31(25,26)27/h11-17,20,27H,7-10,18-19H2,1-6H3,(H,28,30);2-8,11,18H,9-10H2,1H3,(H,19,21)(H2,22,23,24)(H2,25,26,27). The lowest BCUT2D eigenvalue weighted by molar-refractivity contribution is 0.198. The van der Waals surface area contributed by atoms with Crippen LogP contribution < -0.4 is 20.3 Å². The molecule has 0 spiro atoms. The summed E-state index contributed by atoms with van der Waals surface area (Å²) in [4.78, 5) is 56.1. The van der Waals surface area contributed by atoms with Crippen LogP contribution in [-0.4, -0.2) is 97.2 Å². The molecule has 4 heterocycles. The summed E-state index contributed by atoms with van der Waals surface area (Å²) < 4.78 is 89.3. The summed E-state index contributed by atoms with van der Waals surface area (Å²) in [7, 11) is -16.2. The summed E-state index contributed by atoms with van der Waals surface area (Å²) in [5.74, 6) is 3.16. The molecule has 0 aliphatic rings. The first-order chi connectivity index (χ1) is 33.7. The monoisotopic (exact) mass is 1060 g/mol. The fourth-order valence-electron chi connectivity index (χ4n) is 6.68. The molecule has 4 aromatic heterocycles. The molecule has 386 valence electrons. The highest BCUT2D eigenvalue weighted by Crippen LogP contribution is 2.70.